The molecule has 0 saturated heterocycles. The molecule has 0 amide bonds. The summed E-state index contributed by atoms with van der Waals surface area (Å²) in [5, 5.41) is 0. The van der Waals surface area contributed by atoms with Crippen LogP contribution >= 0.6 is 25.3 Å². The largest absolute Gasteiger partial charge is 0.349 e. The molecule has 1 aromatic carbocycles. The summed E-state index contributed by atoms with van der Waals surface area (Å²) >= 11 is 9.01. The van der Waals surface area contributed by atoms with Gasteiger partial charge in [0.05, 0.1) is 0 Å². The van der Waals surface area contributed by atoms with Gasteiger partial charge in [-0.15, -0.1) is 25.3 Å². The lowest BCUT2D eigenvalue weighted by Gasteiger charge is -2.32. The van der Waals surface area contributed by atoms with E-state index < -0.39 is 5.79 Å². The van der Waals surface area contributed by atoms with E-state index in [0.29, 0.717) is 6.42 Å². The number of thiol groups is 2. The van der Waals surface area contributed by atoms with Crippen molar-refractivity contribution in [2.24, 2.45) is 0 Å². The van der Waals surface area contributed by atoms with Crippen molar-refractivity contribution in [1.82, 2.24) is 0 Å². The molecule has 2 nitrogen and oxygen atoms in total. The summed E-state index contributed by atoms with van der Waals surface area (Å²) in [7, 11) is 3.28. The van der Waals surface area contributed by atoms with Crippen molar-refractivity contribution in [1.29, 1.82) is 0 Å². The molecule has 0 aromatic heterocycles. The van der Waals surface area contributed by atoms with Gasteiger partial charge in [0, 0.05) is 30.4 Å². The zero-order valence-electron chi connectivity index (χ0n) is 10.4. The number of rotatable bonds is 3. The highest BCUT2D eigenvalue weighted by Gasteiger charge is 2.32. The summed E-state index contributed by atoms with van der Waals surface area (Å²) in [5.41, 5.74) is 2.14. The third-order valence-corrected chi connectivity index (χ3v) is 3.96. The fraction of sp³-hybridized carbons (Fsp3) is 0.286. The van der Waals surface area contributed by atoms with Crippen LogP contribution in [0.2, 0.25) is 0 Å². The zero-order chi connectivity index (χ0) is 13.2. The quantitative estimate of drug-likeness (QED) is 0.651. The van der Waals surface area contributed by atoms with Crippen LogP contribution in [0.3, 0.4) is 0 Å². The van der Waals surface area contributed by atoms with Crippen LogP contribution in [0.25, 0.3) is 5.57 Å². The molecule has 1 aliphatic rings. The Balaban J connectivity index is 2.44. The Morgan fingerprint density at radius 2 is 1.78 bits per heavy atom. The Labute approximate surface area is 119 Å². The van der Waals surface area contributed by atoms with E-state index in [9.17, 15) is 0 Å². The van der Waals surface area contributed by atoms with E-state index in [1.165, 1.54) is 0 Å². The highest BCUT2D eigenvalue weighted by molar-refractivity contribution is 7.85. The van der Waals surface area contributed by atoms with Crippen molar-refractivity contribution >= 4 is 30.8 Å². The van der Waals surface area contributed by atoms with Gasteiger partial charge < -0.3 is 9.47 Å². The van der Waals surface area contributed by atoms with E-state index >= 15 is 0 Å². The molecule has 1 aliphatic carbocycles. The minimum atomic E-state index is -0.711. The zero-order valence-corrected chi connectivity index (χ0v) is 12.2. The second kappa shape index (κ2) is 5.53. The van der Waals surface area contributed by atoms with Crippen LogP contribution in [0.5, 0.6) is 0 Å². The van der Waals surface area contributed by atoms with Gasteiger partial charge in [-0.1, -0.05) is 18.2 Å². The van der Waals surface area contributed by atoms with Gasteiger partial charge in [0.2, 0.25) is 0 Å². The van der Waals surface area contributed by atoms with Gasteiger partial charge in [0.1, 0.15) is 0 Å². The Morgan fingerprint density at radius 3 is 2.39 bits per heavy atom. The summed E-state index contributed by atoms with van der Waals surface area (Å²) in [6.07, 6.45) is 4.42. The molecule has 0 aliphatic heterocycles. The molecule has 2 rings (SSSR count). The first-order chi connectivity index (χ1) is 8.62. The maximum atomic E-state index is 5.47. The van der Waals surface area contributed by atoms with Crippen LogP contribution in [0.4, 0.5) is 0 Å². The van der Waals surface area contributed by atoms with E-state index in [-0.39, 0.29) is 0 Å². The molecule has 0 radical (unpaired) electrons. The Bertz CT molecular complexity index is 502. The molecule has 0 fully saturated rings. The van der Waals surface area contributed by atoms with Gasteiger partial charge >= 0.3 is 0 Å². The molecular weight excluding hydrogens is 264 g/mol. The molecule has 96 valence electrons. The predicted molar refractivity (Wildman–Crippen MR) is 80.1 cm³/mol. The lowest BCUT2D eigenvalue weighted by atomic mass is 9.93. The maximum Gasteiger partial charge on any atom is 0.191 e. The van der Waals surface area contributed by atoms with Crippen LogP contribution in [0, 0.1) is 0 Å². The molecule has 0 N–H and O–H groups in total. The Hall–Kier alpha value is -0.680. The number of hydrogen-bond acceptors (Lipinski definition) is 4. The Kier molecular flexibility index (Phi) is 4.22. The minimum absolute atomic E-state index is 0.618. The van der Waals surface area contributed by atoms with Crippen LogP contribution in [0.15, 0.2) is 46.2 Å². The Morgan fingerprint density at radius 1 is 1.11 bits per heavy atom. The third-order valence-electron chi connectivity index (χ3n) is 3.15. The number of methoxy groups -OCH3 is 2. The monoisotopic (exact) mass is 280 g/mol. The fourth-order valence-corrected chi connectivity index (χ4v) is 2.60. The van der Waals surface area contributed by atoms with E-state index in [0.717, 1.165) is 20.9 Å². The van der Waals surface area contributed by atoms with E-state index in [2.05, 4.69) is 25.3 Å². The van der Waals surface area contributed by atoms with Gasteiger partial charge in [-0.3, -0.25) is 0 Å². The molecule has 18 heavy (non-hydrogen) atoms. The lowest BCUT2D eigenvalue weighted by Crippen LogP contribution is -2.33. The number of benzene rings is 1. The van der Waals surface area contributed by atoms with Gasteiger partial charge in [0.25, 0.3) is 0 Å². The van der Waals surface area contributed by atoms with E-state index in [1.54, 1.807) is 14.2 Å². The second-order valence-electron chi connectivity index (χ2n) is 4.11. The minimum Gasteiger partial charge on any atom is -0.349 e. The molecule has 0 heterocycles. The third kappa shape index (κ3) is 2.52. The van der Waals surface area contributed by atoms with Crippen LogP contribution in [0.1, 0.15) is 12.0 Å². The summed E-state index contributed by atoms with van der Waals surface area (Å²) < 4.78 is 10.9. The number of ether oxygens (including phenoxy) is 2. The standard InChI is InChI=1S/C14H16O2S2/c1-15-14(16-2)8-7-13(18)11(9-14)10-5-3-4-6-12(10)17/h3-8,17-18H,9H2,1-2H3. The average Bonchev–Trinajstić information content (AvgIpc) is 2.41. The smallest absolute Gasteiger partial charge is 0.191 e. The average molecular weight is 280 g/mol. The van der Waals surface area contributed by atoms with Crippen molar-refractivity contribution in [2.75, 3.05) is 14.2 Å². The van der Waals surface area contributed by atoms with Crippen molar-refractivity contribution in [3.05, 3.63) is 46.9 Å². The molecular formula is C14H16O2S2. The maximum absolute atomic E-state index is 5.47. The van der Waals surface area contributed by atoms with Crippen LogP contribution in [-0.4, -0.2) is 20.0 Å². The summed E-state index contributed by atoms with van der Waals surface area (Å²) in [5.74, 6) is -0.711. The molecule has 0 atom stereocenters. The van der Waals surface area contributed by atoms with Crippen molar-refractivity contribution < 1.29 is 9.47 Å². The first-order valence-electron chi connectivity index (χ1n) is 5.62. The van der Waals surface area contributed by atoms with Gasteiger partial charge in [-0.2, -0.15) is 0 Å². The molecule has 0 unspecified atom stereocenters. The molecule has 0 spiro atoms. The van der Waals surface area contributed by atoms with E-state index in [1.807, 2.05) is 36.4 Å². The van der Waals surface area contributed by atoms with Crippen LogP contribution in [-0.2, 0) is 9.47 Å². The first kappa shape index (κ1) is 13.7. The van der Waals surface area contributed by atoms with Gasteiger partial charge in [-0.05, 0) is 29.4 Å². The van der Waals surface area contributed by atoms with Crippen LogP contribution < -0.4 is 0 Å². The van der Waals surface area contributed by atoms with E-state index in [4.69, 9.17) is 9.47 Å². The SMILES string of the molecule is COC1(OC)C=CC(S)=C(c2ccccc2S)C1. The van der Waals surface area contributed by atoms with Gasteiger partial charge in [0.15, 0.2) is 5.79 Å². The second-order valence-corrected chi connectivity index (χ2v) is 5.07. The van der Waals surface area contributed by atoms with Gasteiger partial charge in [-0.25, -0.2) is 0 Å². The number of allylic oxidation sites excluding steroid dienone is 1. The molecule has 4 heteroatoms. The fourth-order valence-electron chi connectivity index (χ4n) is 2.03. The lowest BCUT2D eigenvalue weighted by molar-refractivity contribution is -0.166. The highest BCUT2D eigenvalue weighted by atomic mass is 32.1. The molecule has 1 aromatic rings. The van der Waals surface area contributed by atoms with Crippen molar-refractivity contribution in [2.45, 2.75) is 17.1 Å². The topological polar surface area (TPSA) is 18.5 Å². The normalized spacial score (nSPS) is 18.2. The highest BCUT2D eigenvalue weighted by Crippen LogP contribution is 2.39. The molecule has 0 saturated carbocycles. The molecule has 0 bridgehead atoms. The van der Waals surface area contributed by atoms with Crippen molar-refractivity contribution in [3.8, 4) is 0 Å². The predicted octanol–water partition coefficient (Wildman–Crippen LogP) is 3.57. The summed E-state index contributed by atoms with van der Waals surface area (Å²) in [4.78, 5) is 1.84. The summed E-state index contributed by atoms with van der Waals surface area (Å²) in [6.45, 7) is 0. The number of hydrogen-bond donors (Lipinski definition) is 2. The summed E-state index contributed by atoms with van der Waals surface area (Å²) in [6, 6.07) is 7.95. The van der Waals surface area contributed by atoms with Crippen molar-refractivity contribution in [3.63, 3.8) is 0 Å². The first-order valence-corrected chi connectivity index (χ1v) is 6.51.